The Bertz CT molecular complexity index is 495. The number of amides is 2. The minimum atomic E-state index is -4.37. The van der Waals surface area contributed by atoms with Crippen LogP contribution in [0.25, 0.3) is 0 Å². The van der Waals surface area contributed by atoms with Gasteiger partial charge < -0.3 is 20.1 Å². The van der Waals surface area contributed by atoms with Gasteiger partial charge in [-0.2, -0.15) is 13.2 Å². The third kappa shape index (κ3) is 9.04. The fraction of sp³-hybridized carbons (Fsp3) is 0.533. The lowest BCUT2D eigenvalue weighted by Gasteiger charge is -2.16. The first-order valence-corrected chi connectivity index (χ1v) is 7.06. The fourth-order valence-corrected chi connectivity index (χ4v) is 1.85. The molecule has 0 bridgehead atoms. The van der Waals surface area contributed by atoms with Crippen LogP contribution in [-0.4, -0.2) is 38.6 Å². The van der Waals surface area contributed by atoms with Crippen molar-refractivity contribution < 1.29 is 27.4 Å². The summed E-state index contributed by atoms with van der Waals surface area (Å²) < 4.78 is 45.3. The van der Waals surface area contributed by atoms with E-state index in [1.54, 1.807) is 14.0 Å². The predicted octanol–water partition coefficient (Wildman–Crippen LogP) is 2.60. The van der Waals surface area contributed by atoms with Crippen molar-refractivity contribution in [3.63, 3.8) is 0 Å². The molecule has 0 aliphatic carbocycles. The number of carbonyl (C=O) groups is 1. The highest BCUT2D eigenvalue weighted by molar-refractivity contribution is 5.74. The number of carbonyl (C=O) groups excluding carboxylic acids is 1. The molecule has 2 N–H and O–H groups in total. The monoisotopic (exact) mass is 334 g/mol. The van der Waals surface area contributed by atoms with Gasteiger partial charge in [0.2, 0.25) is 0 Å². The maximum Gasteiger partial charge on any atom is 0.411 e. The zero-order valence-electron chi connectivity index (χ0n) is 13.1. The van der Waals surface area contributed by atoms with E-state index >= 15 is 0 Å². The molecule has 130 valence electrons. The van der Waals surface area contributed by atoms with Crippen molar-refractivity contribution in [1.29, 1.82) is 0 Å². The average Bonchev–Trinajstić information content (AvgIpc) is 2.44. The van der Waals surface area contributed by atoms with Crippen molar-refractivity contribution in [2.75, 3.05) is 20.3 Å². The summed E-state index contributed by atoms with van der Waals surface area (Å²) in [6, 6.07) is 6.53. The second-order valence-corrected chi connectivity index (χ2v) is 5.11. The molecule has 5 nitrogen and oxygen atoms in total. The number of alkyl halides is 3. The molecule has 0 aromatic heterocycles. The lowest BCUT2D eigenvalue weighted by atomic mass is 10.1. The molecule has 1 aromatic carbocycles. The number of rotatable bonds is 8. The Morgan fingerprint density at radius 2 is 2.00 bits per heavy atom. The van der Waals surface area contributed by atoms with E-state index < -0.39 is 24.9 Å². The van der Waals surface area contributed by atoms with E-state index in [-0.39, 0.29) is 6.61 Å². The molecule has 0 spiro atoms. The molecule has 1 unspecified atom stereocenters. The van der Waals surface area contributed by atoms with Crippen LogP contribution in [0.3, 0.4) is 0 Å². The van der Waals surface area contributed by atoms with E-state index in [4.69, 9.17) is 4.74 Å². The van der Waals surface area contributed by atoms with E-state index in [2.05, 4.69) is 15.4 Å². The van der Waals surface area contributed by atoms with Gasteiger partial charge in [0, 0.05) is 13.7 Å². The Kier molecular flexibility index (Phi) is 7.84. The number of ether oxygens (including phenoxy) is 2. The van der Waals surface area contributed by atoms with Crippen LogP contribution in [-0.2, 0) is 22.6 Å². The van der Waals surface area contributed by atoms with Gasteiger partial charge in [0.05, 0.1) is 19.3 Å². The Morgan fingerprint density at radius 1 is 1.30 bits per heavy atom. The number of methoxy groups -OCH3 is 1. The second-order valence-electron chi connectivity index (χ2n) is 5.11. The Hall–Kier alpha value is -1.80. The highest BCUT2D eigenvalue weighted by atomic mass is 19.4. The molecule has 2 amide bonds. The Morgan fingerprint density at radius 3 is 2.65 bits per heavy atom. The standard InChI is InChI=1S/C15H21F3N2O3/c1-11(8-23-10-15(16,17)18)20-14(21)19-7-12-4-3-5-13(6-12)9-22-2/h3-6,11H,7-10H2,1-2H3,(H2,19,20,21). The number of hydrogen-bond acceptors (Lipinski definition) is 3. The topological polar surface area (TPSA) is 59.6 Å². The Balaban J connectivity index is 2.29. The van der Waals surface area contributed by atoms with Crippen LogP contribution in [0.1, 0.15) is 18.1 Å². The first-order chi connectivity index (χ1) is 10.8. The maximum atomic E-state index is 11.9. The van der Waals surface area contributed by atoms with Crippen molar-refractivity contribution in [1.82, 2.24) is 10.6 Å². The van der Waals surface area contributed by atoms with Crippen LogP contribution in [0.2, 0.25) is 0 Å². The molecule has 8 heteroatoms. The van der Waals surface area contributed by atoms with Gasteiger partial charge in [-0.25, -0.2) is 4.79 Å². The van der Waals surface area contributed by atoms with Crippen LogP contribution < -0.4 is 10.6 Å². The SMILES string of the molecule is COCc1cccc(CNC(=O)NC(C)COCC(F)(F)F)c1. The fourth-order valence-electron chi connectivity index (χ4n) is 1.85. The van der Waals surface area contributed by atoms with Gasteiger partial charge in [0.15, 0.2) is 0 Å². The van der Waals surface area contributed by atoms with Crippen molar-refractivity contribution in [3.8, 4) is 0 Å². The quantitative estimate of drug-likeness (QED) is 0.768. The maximum absolute atomic E-state index is 11.9. The summed E-state index contributed by atoms with van der Waals surface area (Å²) >= 11 is 0. The van der Waals surface area contributed by atoms with Gasteiger partial charge >= 0.3 is 12.2 Å². The average molecular weight is 334 g/mol. The van der Waals surface area contributed by atoms with Gasteiger partial charge in [-0.05, 0) is 18.1 Å². The van der Waals surface area contributed by atoms with Crippen molar-refractivity contribution in [3.05, 3.63) is 35.4 Å². The third-order valence-electron chi connectivity index (χ3n) is 2.77. The normalized spacial score (nSPS) is 12.7. The number of urea groups is 1. The lowest BCUT2D eigenvalue weighted by Crippen LogP contribution is -2.42. The molecule has 1 atom stereocenters. The zero-order chi connectivity index (χ0) is 17.3. The molecular formula is C15H21F3N2O3. The highest BCUT2D eigenvalue weighted by Crippen LogP contribution is 2.14. The third-order valence-corrected chi connectivity index (χ3v) is 2.77. The second kappa shape index (κ2) is 9.36. The summed E-state index contributed by atoms with van der Waals surface area (Å²) in [6.07, 6.45) is -4.37. The zero-order valence-corrected chi connectivity index (χ0v) is 13.1. The summed E-state index contributed by atoms with van der Waals surface area (Å²) in [6.45, 7) is 0.811. The van der Waals surface area contributed by atoms with E-state index in [0.29, 0.717) is 13.2 Å². The van der Waals surface area contributed by atoms with Gasteiger partial charge in [-0.15, -0.1) is 0 Å². The van der Waals surface area contributed by atoms with Gasteiger partial charge in [0.1, 0.15) is 6.61 Å². The summed E-state index contributed by atoms with van der Waals surface area (Å²) in [5, 5.41) is 5.15. The van der Waals surface area contributed by atoms with E-state index in [0.717, 1.165) is 11.1 Å². The first-order valence-electron chi connectivity index (χ1n) is 7.06. The van der Waals surface area contributed by atoms with Gasteiger partial charge in [0.25, 0.3) is 0 Å². The summed E-state index contributed by atoms with van der Waals surface area (Å²) in [4.78, 5) is 11.7. The van der Waals surface area contributed by atoms with Crippen molar-refractivity contribution in [2.24, 2.45) is 0 Å². The predicted molar refractivity (Wildman–Crippen MR) is 78.9 cm³/mol. The molecular weight excluding hydrogens is 313 g/mol. The molecule has 23 heavy (non-hydrogen) atoms. The molecule has 1 rings (SSSR count). The number of hydrogen-bond donors (Lipinski definition) is 2. The van der Waals surface area contributed by atoms with Crippen LogP contribution in [0.15, 0.2) is 24.3 Å². The van der Waals surface area contributed by atoms with Gasteiger partial charge in [-0.3, -0.25) is 0 Å². The van der Waals surface area contributed by atoms with Crippen LogP contribution >= 0.6 is 0 Å². The molecule has 0 saturated heterocycles. The van der Waals surface area contributed by atoms with E-state index in [1.165, 1.54) is 0 Å². The molecule has 1 aromatic rings. The minimum Gasteiger partial charge on any atom is -0.380 e. The summed E-state index contributed by atoms with van der Waals surface area (Å²) in [5.41, 5.74) is 1.89. The van der Waals surface area contributed by atoms with E-state index in [1.807, 2.05) is 24.3 Å². The summed E-state index contributed by atoms with van der Waals surface area (Å²) in [5.74, 6) is 0. The molecule has 0 heterocycles. The number of halogens is 3. The van der Waals surface area contributed by atoms with Crippen molar-refractivity contribution >= 4 is 6.03 Å². The molecule has 0 fully saturated rings. The molecule has 0 radical (unpaired) electrons. The van der Waals surface area contributed by atoms with Crippen molar-refractivity contribution in [2.45, 2.75) is 32.3 Å². The smallest absolute Gasteiger partial charge is 0.380 e. The Labute approximate surface area is 133 Å². The van der Waals surface area contributed by atoms with E-state index in [9.17, 15) is 18.0 Å². The molecule has 0 aliphatic heterocycles. The van der Waals surface area contributed by atoms with Crippen LogP contribution in [0.4, 0.5) is 18.0 Å². The number of nitrogens with one attached hydrogen (secondary N) is 2. The lowest BCUT2D eigenvalue weighted by molar-refractivity contribution is -0.174. The van der Waals surface area contributed by atoms with Crippen LogP contribution in [0.5, 0.6) is 0 Å². The van der Waals surface area contributed by atoms with Crippen LogP contribution in [0, 0.1) is 0 Å². The number of benzene rings is 1. The largest absolute Gasteiger partial charge is 0.411 e. The summed E-state index contributed by atoms with van der Waals surface area (Å²) in [7, 11) is 1.60. The highest BCUT2D eigenvalue weighted by Gasteiger charge is 2.27. The van der Waals surface area contributed by atoms with Gasteiger partial charge in [-0.1, -0.05) is 24.3 Å². The minimum absolute atomic E-state index is 0.212. The molecule has 0 saturated carbocycles. The molecule has 0 aliphatic rings. The first kappa shape index (κ1) is 19.2.